The van der Waals surface area contributed by atoms with E-state index in [1.54, 1.807) is 0 Å². The Morgan fingerprint density at radius 1 is 1.00 bits per heavy atom. The highest BCUT2D eigenvalue weighted by Gasteiger charge is 2.13. The first-order chi connectivity index (χ1) is 8.11. The lowest BCUT2D eigenvalue weighted by Gasteiger charge is -2.12. The van der Waals surface area contributed by atoms with E-state index < -0.39 is 0 Å². The summed E-state index contributed by atoms with van der Waals surface area (Å²) in [5.74, 6) is -0.370. The predicted molar refractivity (Wildman–Crippen MR) is 69.9 cm³/mol. The number of hydrogen-bond donors (Lipinski definition) is 1. The third kappa shape index (κ3) is 2.07. The van der Waals surface area contributed by atoms with Crippen molar-refractivity contribution in [1.82, 2.24) is 0 Å². The van der Waals surface area contributed by atoms with Crippen LogP contribution < -0.4 is 5.73 Å². The molecule has 0 atom stereocenters. The Bertz CT molecular complexity index is 559. The molecular formula is C15H15NO. The van der Waals surface area contributed by atoms with E-state index in [0.29, 0.717) is 5.56 Å². The fraction of sp³-hybridized carbons (Fsp3) is 0.133. The Kier molecular flexibility index (Phi) is 2.96. The van der Waals surface area contributed by atoms with E-state index >= 15 is 0 Å². The molecule has 2 N–H and O–H groups in total. The minimum atomic E-state index is -0.370. The van der Waals surface area contributed by atoms with E-state index in [1.165, 1.54) is 0 Å². The van der Waals surface area contributed by atoms with Gasteiger partial charge in [-0.25, -0.2) is 0 Å². The highest BCUT2D eigenvalue weighted by Crippen LogP contribution is 2.27. The van der Waals surface area contributed by atoms with E-state index in [1.807, 2.05) is 56.3 Å². The predicted octanol–water partition coefficient (Wildman–Crippen LogP) is 3.07. The van der Waals surface area contributed by atoms with Crippen LogP contribution in [0.5, 0.6) is 0 Å². The Morgan fingerprint density at radius 3 is 2.24 bits per heavy atom. The topological polar surface area (TPSA) is 43.1 Å². The Hall–Kier alpha value is -2.09. The molecule has 0 aromatic heterocycles. The van der Waals surface area contributed by atoms with Crippen molar-refractivity contribution in [2.45, 2.75) is 13.8 Å². The zero-order valence-electron chi connectivity index (χ0n) is 10.0. The molecule has 2 nitrogen and oxygen atoms in total. The zero-order valence-corrected chi connectivity index (χ0v) is 10.0. The van der Waals surface area contributed by atoms with Crippen LogP contribution in [0.1, 0.15) is 21.5 Å². The van der Waals surface area contributed by atoms with Crippen LogP contribution in [0.2, 0.25) is 0 Å². The van der Waals surface area contributed by atoms with Crippen molar-refractivity contribution in [2.75, 3.05) is 0 Å². The fourth-order valence-corrected chi connectivity index (χ4v) is 1.99. The molecule has 2 heteroatoms. The Balaban J connectivity index is 2.71. The quantitative estimate of drug-likeness (QED) is 0.838. The number of primary amides is 1. The summed E-state index contributed by atoms with van der Waals surface area (Å²) in [6.45, 7) is 3.92. The molecule has 0 radical (unpaired) electrons. The van der Waals surface area contributed by atoms with E-state index in [4.69, 9.17) is 5.73 Å². The second-order valence-corrected chi connectivity index (χ2v) is 4.16. The lowest BCUT2D eigenvalue weighted by atomic mass is 9.93. The molecule has 0 spiro atoms. The number of amides is 1. The van der Waals surface area contributed by atoms with Crippen LogP contribution in [0.25, 0.3) is 11.1 Å². The van der Waals surface area contributed by atoms with Gasteiger partial charge in [-0.3, -0.25) is 4.79 Å². The van der Waals surface area contributed by atoms with Gasteiger partial charge in [-0.2, -0.15) is 0 Å². The van der Waals surface area contributed by atoms with Crippen LogP contribution >= 0.6 is 0 Å². The molecule has 0 fully saturated rings. The summed E-state index contributed by atoms with van der Waals surface area (Å²) in [5.41, 5.74) is 10.1. The normalized spacial score (nSPS) is 10.2. The third-order valence-corrected chi connectivity index (χ3v) is 3.07. The molecule has 0 aliphatic carbocycles. The van der Waals surface area contributed by atoms with Gasteiger partial charge >= 0.3 is 0 Å². The molecule has 86 valence electrons. The van der Waals surface area contributed by atoms with Gasteiger partial charge in [-0.1, -0.05) is 42.5 Å². The van der Waals surface area contributed by atoms with Gasteiger partial charge in [0.25, 0.3) is 0 Å². The molecule has 2 rings (SSSR count). The van der Waals surface area contributed by atoms with Gasteiger partial charge in [0.05, 0.1) is 5.56 Å². The van der Waals surface area contributed by atoms with Crippen LogP contribution in [0.3, 0.4) is 0 Å². The van der Waals surface area contributed by atoms with Gasteiger partial charge in [0, 0.05) is 0 Å². The van der Waals surface area contributed by atoms with Crippen molar-refractivity contribution in [1.29, 1.82) is 0 Å². The molecule has 0 aliphatic heterocycles. The first kappa shape index (κ1) is 11.4. The van der Waals surface area contributed by atoms with E-state index in [0.717, 1.165) is 22.3 Å². The number of rotatable bonds is 2. The summed E-state index contributed by atoms with van der Waals surface area (Å²) in [4.78, 5) is 11.6. The summed E-state index contributed by atoms with van der Waals surface area (Å²) in [7, 11) is 0. The number of benzene rings is 2. The SMILES string of the molecule is Cc1ccc(-c2ccccc2)c(C(N)=O)c1C. The molecule has 17 heavy (non-hydrogen) atoms. The monoisotopic (exact) mass is 225 g/mol. The van der Waals surface area contributed by atoms with Gasteiger partial charge in [0.15, 0.2) is 0 Å². The lowest BCUT2D eigenvalue weighted by molar-refractivity contribution is 0.100. The van der Waals surface area contributed by atoms with Crippen molar-refractivity contribution in [3.05, 3.63) is 59.2 Å². The number of carbonyl (C=O) groups excluding carboxylic acids is 1. The van der Waals surface area contributed by atoms with Gasteiger partial charge < -0.3 is 5.73 Å². The molecule has 0 unspecified atom stereocenters. The number of nitrogens with two attached hydrogens (primary N) is 1. The molecule has 0 saturated heterocycles. The van der Waals surface area contributed by atoms with Gasteiger partial charge in [-0.05, 0) is 36.1 Å². The van der Waals surface area contributed by atoms with E-state index in [-0.39, 0.29) is 5.91 Å². The first-order valence-corrected chi connectivity index (χ1v) is 5.56. The second-order valence-electron chi connectivity index (χ2n) is 4.16. The van der Waals surface area contributed by atoms with Crippen molar-refractivity contribution in [3.63, 3.8) is 0 Å². The Labute approximate surface area is 101 Å². The summed E-state index contributed by atoms with van der Waals surface area (Å²) < 4.78 is 0. The number of aryl methyl sites for hydroxylation is 1. The maximum atomic E-state index is 11.6. The molecule has 2 aromatic rings. The molecule has 0 bridgehead atoms. The average molecular weight is 225 g/mol. The molecule has 1 amide bonds. The van der Waals surface area contributed by atoms with Gasteiger partial charge in [-0.15, -0.1) is 0 Å². The standard InChI is InChI=1S/C15H15NO/c1-10-8-9-13(12-6-4-3-5-7-12)14(11(10)2)15(16)17/h3-9H,1-2H3,(H2,16,17). The Morgan fingerprint density at radius 2 is 1.65 bits per heavy atom. The van der Waals surface area contributed by atoms with E-state index in [2.05, 4.69) is 0 Å². The van der Waals surface area contributed by atoms with Crippen molar-refractivity contribution in [3.8, 4) is 11.1 Å². The van der Waals surface area contributed by atoms with Crippen LogP contribution in [-0.4, -0.2) is 5.91 Å². The minimum Gasteiger partial charge on any atom is -0.366 e. The summed E-state index contributed by atoms with van der Waals surface area (Å²) in [6, 6.07) is 13.8. The lowest BCUT2D eigenvalue weighted by Crippen LogP contribution is -2.15. The maximum Gasteiger partial charge on any atom is 0.249 e. The van der Waals surface area contributed by atoms with Crippen LogP contribution in [0.4, 0.5) is 0 Å². The smallest absolute Gasteiger partial charge is 0.249 e. The van der Waals surface area contributed by atoms with Crippen molar-refractivity contribution < 1.29 is 4.79 Å². The minimum absolute atomic E-state index is 0.370. The zero-order chi connectivity index (χ0) is 12.4. The maximum absolute atomic E-state index is 11.6. The second kappa shape index (κ2) is 4.42. The fourth-order valence-electron chi connectivity index (χ4n) is 1.99. The largest absolute Gasteiger partial charge is 0.366 e. The molecule has 2 aromatic carbocycles. The van der Waals surface area contributed by atoms with Crippen LogP contribution in [0, 0.1) is 13.8 Å². The molecular weight excluding hydrogens is 210 g/mol. The summed E-state index contributed by atoms with van der Waals surface area (Å²) >= 11 is 0. The summed E-state index contributed by atoms with van der Waals surface area (Å²) in [6.07, 6.45) is 0. The highest BCUT2D eigenvalue weighted by molar-refractivity contribution is 6.01. The van der Waals surface area contributed by atoms with Gasteiger partial charge in [0.2, 0.25) is 5.91 Å². The van der Waals surface area contributed by atoms with E-state index in [9.17, 15) is 4.79 Å². The van der Waals surface area contributed by atoms with Crippen molar-refractivity contribution >= 4 is 5.91 Å². The summed E-state index contributed by atoms with van der Waals surface area (Å²) in [5, 5.41) is 0. The average Bonchev–Trinajstić information content (AvgIpc) is 2.33. The molecule has 0 saturated carbocycles. The van der Waals surface area contributed by atoms with Crippen LogP contribution in [0.15, 0.2) is 42.5 Å². The number of carbonyl (C=O) groups is 1. The highest BCUT2D eigenvalue weighted by atomic mass is 16.1. The number of hydrogen-bond acceptors (Lipinski definition) is 1. The molecule has 0 heterocycles. The van der Waals surface area contributed by atoms with Gasteiger partial charge in [0.1, 0.15) is 0 Å². The molecule has 0 aliphatic rings. The first-order valence-electron chi connectivity index (χ1n) is 5.56. The third-order valence-electron chi connectivity index (χ3n) is 3.07. The van der Waals surface area contributed by atoms with Crippen LogP contribution in [-0.2, 0) is 0 Å². The van der Waals surface area contributed by atoms with Crippen molar-refractivity contribution in [2.24, 2.45) is 5.73 Å².